The molecule has 1 aromatic heterocycles. The molecule has 0 saturated heterocycles. The number of carbonyl (C=O) groups excluding carboxylic acids is 1. The molecular formula is C14H11NO3. The number of pyridine rings is 1. The van der Waals surface area contributed by atoms with Crippen molar-refractivity contribution in [2.45, 2.75) is 12.2 Å². The van der Waals surface area contributed by atoms with Crippen LogP contribution in [0.5, 0.6) is 0 Å². The second kappa shape index (κ2) is 4.23. The predicted octanol–water partition coefficient (Wildman–Crippen LogP) is 2.03. The Bertz CT molecular complexity index is 583. The van der Waals surface area contributed by atoms with Crippen molar-refractivity contribution in [2.24, 2.45) is 0 Å². The highest BCUT2D eigenvalue weighted by Gasteiger charge is 2.36. The summed E-state index contributed by atoms with van der Waals surface area (Å²) in [5, 5.41) is 10.3. The van der Waals surface area contributed by atoms with Gasteiger partial charge in [-0.2, -0.15) is 0 Å². The quantitative estimate of drug-likeness (QED) is 0.817. The molecule has 0 fully saturated rings. The van der Waals surface area contributed by atoms with Crippen LogP contribution >= 0.6 is 0 Å². The molecule has 0 spiro atoms. The van der Waals surface area contributed by atoms with E-state index in [4.69, 9.17) is 4.74 Å². The van der Waals surface area contributed by atoms with Gasteiger partial charge in [0.15, 0.2) is 6.10 Å². The third kappa shape index (κ3) is 1.67. The Morgan fingerprint density at radius 3 is 2.83 bits per heavy atom. The van der Waals surface area contributed by atoms with Crippen molar-refractivity contribution in [3.8, 4) is 0 Å². The van der Waals surface area contributed by atoms with Crippen molar-refractivity contribution in [1.82, 2.24) is 4.98 Å². The number of hydrogen-bond donors (Lipinski definition) is 1. The average Bonchev–Trinajstić information content (AvgIpc) is 2.77. The third-order valence-electron chi connectivity index (χ3n) is 3.03. The summed E-state index contributed by atoms with van der Waals surface area (Å²) in [6.45, 7) is 0. The first kappa shape index (κ1) is 10.9. The second-order valence-electron chi connectivity index (χ2n) is 4.14. The maximum Gasteiger partial charge on any atom is 0.339 e. The number of aliphatic hydroxyl groups excluding tert-OH is 1. The van der Waals surface area contributed by atoms with E-state index in [9.17, 15) is 9.90 Å². The Balaban J connectivity index is 1.98. The van der Waals surface area contributed by atoms with Gasteiger partial charge >= 0.3 is 5.97 Å². The van der Waals surface area contributed by atoms with E-state index < -0.39 is 18.2 Å². The molecular weight excluding hydrogens is 230 g/mol. The molecule has 0 amide bonds. The molecule has 0 unspecified atom stereocenters. The number of hydrogen-bond acceptors (Lipinski definition) is 4. The lowest BCUT2D eigenvalue weighted by atomic mass is 9.98. The Labute approximate surface area is 104 Å². The summed E-state index contributed by atoms with van der Waals surface area (Å²) >= 11 is 0. The lowest BCUT2D eigenvalue weighted by Crippen LogP contribution is -2.11. The summed E-state index contributed by atoms with van der Waals surface area (Å²) in [6.07, 6.45) is 1.65. The normalized spacial score (nSPS) is 19.2. The lowest BCUT2D eigenvalue weighted by molar-refractivity contribution is -0.0103. The molecule has 2 heterocycles. The van der Waals surface area contributed by atoms with Crippen molar-refractivity contribution in [3.63, 3.8) is 0 Å². The summed E-state index contributed by atoms with van der Waals surface area (Å²) in [6, 6.07) is 10.6. The van der Waals surface area contributed by atoms with E-state index in [0.717, 1.165) is 5.56 Å². The number of rotatable bonds is 2. The van der Waals surface area contributed by atoms with Crippen LogP contribution in [0.2, 0.25) is 0 Å². The second-order valence-corrected chi connectivity index (χ2v) is 4.14. The SMILES string of the molecule is O=C1O[C@@H]([C@H](O)c2cccnc2)c2ccccc21. The zero-order chi connectivity index (χ0) is 12.5. The molecule has 3 rings (SSSR count). The van der Waals surface area contributed by atoms with Crippen LogP contribution in [0.15, 0.2) is 48.8 Å². The molecule has 1 aliphatic heterocycles. The van der Waals surface area contributed by atoms with Gasteiger partial charge in [0.1, 0.15) is 6.10 Å². The summed E-state index contributed by atoms with van der Waals surface area (Å²) in [7, 11) is 0. The molecule has 1 aromatic carbocycles. The first-order chi connectivity index (χ1) is 8.77. The zero-order valence-electron chi connectivity index (χ0n) is 9.48. The molecule has 4 heteroatoms. The number of aliphatic hydroxyl groups is 1. The predicted molar refractivity (Wildman–Crippen MR) is 63.8 cm³/mol. The molecule has 90 valence electrons. The van der Waals surface area contributed by atoms with Crippen LogP contribution in [0.3, 0.4) is 0 Å². The van der Waals surface area contributed by atoms with Crippen molar-refractivity contribution >= 4 is 5.97 Å². The minimum atomic E-state index is -0.897. The number of carbonyl (C=O) groups is 1. The number of aromatic nitrogens is 1. The van der Waals surface area contributed by atoms with Crippen LogP contribution in [-0.2, 0) is 4.74 Å². The van der Waals surface area contributed by atoms with Crippen molar-refractivity contribution in [3.05, 3.63) is 65.5 Å². The third-order valence-corrected chi connectivity index (χ3v) is 3.03. The van der Waals surface area contributed by atoms with Gasteiger partial charge in [-0.15, -0.1) is 0 Å². The van der Waals surface area contributed by atoms with Crippen molar-refractivity contribution in [2.75, 3.05) is 0 Å². The summed E-state index contributed by atoms with van der Waals surface area (Å²) < 4.78 is 5.23. The smallest absolute Gasteiger partial charge is 0.339 e. The van der Waals surface area contributed by atoms with E-state index in [1.54, 1.807) is 42.7 Å². The number of benzene rings is 1. The van der Waals surface area contributed by atoms with E-state index in [1.165, 1.54) is 0 Å². The molecule has 0 aliphatic carbocycles. The minimum Gasteiger partial charge on any atom is -0.451 e. The van der Waals surface area contributed by atoms with Crippen LogP contribution in [0.4, 0.5) is 0 Å². The molecule has 4 nitrogen and oxygen atoms in total. The first-order valence-corrected chi connectivity index (χ1v) is 5.65. The number of esters is 1. The minimum absolute atomic E-state index is 0.390. The Kier molecular flexibility index (Phi) is 2.57. The Hall–Kier alpha value is -2.20. The van der Waals surface area contributed by atoms with Gasteiger partial charge in [0.25, 0.3) is 0 Å². The van der Waals surface area contributed by atoms with Gasteiger partial charge in [-0.3, -0.25) is 4.98 Å². The van der Waals surface area contributed by atoms with E-state index in [2.05, 4.69) is 4.98 Å². The van der Waals surface area contributed by atoms with E-state index in [-0.39, 0.29) is 0 Å². The van der Waals surface area contributed by atoms with Crippen LogP contribution in [0.1, 0.15) is 33.7 Å². The Morgan fingerprint density at radius 2 is 2.06 bits per heavy atom. The highest BCUT2D eigenvalue weighted by molar-refractivity contribution is 5.94. The number of cyclic esters (lactones) is 1. The van der Waals surface area contributed by atoms with E-state index in [1.807, 2.05) is 6.07 Å². The fourth-order valence-electron chi connectivity index (χ4n) is 2.13. The Morgan fingerprint density at radius 1 is 1.22 bits per heavy atom. The highest BCUT2D eigenvalue weighted by atomic mass is 16.6. The molecule has 2 aromatic rings. The maximum absolute atomic E-state index is 11.7. The van der Waals surface area contributed by atoms with E-state index in [0.29, 0.717) is 11.1 Å². The van der Waals surface area contributed by atoms with Crippen molar-refractivity contribution in [1.29, 1.82) is 0 Å². The maximum atomic E-state index is 11.7. The summed E-state index contributed by atoms with van der Waals surface area (Å²) in [5.41, 5.74) is 1.87. The number of nitrogens with zero attached hydrogens (tertiary/aromatic N) is 1. The van der Waals surface area contributed by atoms with Gasteiger partial charge in [0.2, 0.25) is 0 Å². The summed E-state index contributed by atoms with van der Waals surface area (Å²) in [4.78, 5) is 15.6. The van der Waals surface area contributed by atoms with Crippen molar-refractivity contribution < 1.29 is 14.6 Å². The number of ether oxygens (including phenoxy) is 1. The molecule has 0 bridgehead atoms. The molecule has 0 saturated carbocycles. The summed E-state index contributed by atoms with van der Waals surface area (Å²) in [5.74, 6) is -0.390. The van der Waals surface area contributed by atoms with Gasteiger partial charge in [-0.25, -0.2) is 4.79 Å². The highest BCUT2D eigenvalue weighted by Crippen LogP contribution is 2.38. The van der Waals surface area contributed by atoms with E-state index >= 15 is 0 Å². The van der Waals surface area contributed by atoms with Crippen LogP contribution in [0.25, 0.3) is 0 Å². The molecule has 1 N–H and O–H groups in total. The van der Waals surface area contributed by atoms with Crippen LogP contribution in [-0.4, -0.2) is 16.1 Å². The number of fused-ring (bicyclic) bond motifs is 1. The van der Waals surface area contributed by atoms with Crippen LogP contribution < -0.4 is 0 Å². The zero-order valence-corrected chi connectivity index (χ0v) is 9.48. The lowest BCUT2D eigenvalue weighted by Gasteiger charge is -2.17. The van der Waals surface area contributed by atoms with Gasteiger partial charge in [-0.1, -0.05) is 24.3 Å². The average molecular weight is 241 g/mol. The van der Waals surface area contributed by atoms with Gasteiger partial charge in [0, 0.05) is 23.5 Å². The standard InChI is InChI=1S/C14H11NO3/c16-12(9-4-3-7-15-8-9)13-10-5-1-2-6-11(10)14(17)18-13/h1-8,12-13,16H/t12-,13-/m1/s1. The first-order valence-electron chi connectivity index (χ1n) is 5.65. The topological polar surface area (TPSA) is 59.4 Å². The monoisotopic (exact) mass is 241 g/mol. The molecule has 2 atom stereocenters. The van der Waals surface area contributed by atoms with Gasteiger partial charge in [0.05, 0.1) is 5.56 Å². The van der Waals surface area contributed by atoms with Gasteiger partial charge < -0.3 is 9.84 Å². The fraction of sp³-hybridized carbons (Fsp3) is 0.143. The van der Waals surface area contributed by atoms with Gasteiger partial charge in [-0.05, 0) is 12.1 Å². The molecule has 1 aliphatic rings. The molecule has 18 heavy (non-hydrogen) atoms. The molecule has 0 radical (unpaired) electrons. The largest absolute Gasteiger partial charge is 0.451 e. The van der Waals surface area contributed by atoms with Crippen LogP contribution in [0, 0.1) is 0 Å². The fourth-order valence-corrected chi connectivity index (χ4v) is 2.13.